The van der Waals surface area contributed by atoms with Crippen LogP contribution in [0.4, 0.5) is 0 Å². The van der Waals surface area contributed by atoms with Crippen molar-refractivity contribution >= 4 is 17.8 Å². The van der Waals surface area contributed by atoms with Crippen molar-refractivity contribution in [2.24, 2.45) is 11.3 Å². The van der Waals surface area contributed by atoms with Gasteiger partial charge in [0.05, 0.1) is 12.0 Å². The minimum Gasteiger partial charge on any atom is -0.481 e. The lowest BCUT2D eigenvalue weighted by molar-refractivity contribution is -0.155. The van der Waals surface area contributed by atoms with Crippen molar-refractivity contribution in [2.75, 3.05) is 20.6 Å². The number of carboxylic acid groups (broad SMARTS) is 1. The highest BCUT2D eigenvalue weighted by molar-refractivity contribution is 5.88. The van der Waals surface area contributed by atoms with Crippen LogP contribution in [0.25, 0.3) is 0 Å². The van der Waals surface area contributed by atoms with Gasteiger partial charge in [-0.05, 0) is 12.8 Å². The summed E-state index contributed by atoms with van der Waals surface area (Å²) < 4.78 is 0. The van der Waals surface area contributed by atoms with Gasteiger partial charge in [0, 0.05) is 20.5 Å². The van der Waals surface area contributed by atoms with Gasteiger partial charge < -0.3 is 15.3 Å². The summed E-state index contributed by atoms with van der Waals surface area (Å²) in [6.07, 6.45) is -0.118. The summed E-state index contributed by atoms with van der Waals surface area (Å²) in [5.41, 5.74) is -1.12. The maximum absolute atomic E-state index is 11.9. The van der Waals surface area contributed by atoms with Crippen LogP contribution in [-0.2, 0) is 14.4 Å². The molecule has 1 unspecified atom stereocenters. The Balaban J connectivity index is 4.72. The number of carbonyl (C=O) groups is 3. The lowest BCUT2D eigenvalue weighted by Crippen LogP contribution is -2.42. The number of hydrogen-bond acceptors (Lipinski definition) is 3. The van der Waals surface area contributed by atoms with Crippen molar-refractivity contribution in [1.82, 2.24) is 10.2 Å². The van der Waals surface area contributed by atoms with Crippen molar-refractivity contribution in [3.63, 3.8) is 0 Å². The van der Waals surface area contributed by atoms with Gasteiger partial charge in [-0.25, -0.2) is 0 Å². The van der Waals surface area contributed by atoms with Crippen LogP contribution in [0.1, 0.15) is 27.2 Å². The molecule has 0 rings (SSSR count). The minimum absolute atomic E-state index is 0.0663. The standard InChI is InChI=1S/C12H22N2O4/c1-8(2)12(3,11(17)18)6-10(16)14(5)7-9(15)13-4/h8H,6-7H2,1-5H3,(H,13,15)(H,17,18). The lowest BCUT2D eigenvalue weighted by atomic mass is 9.76. The summed E-state index contributed by atoms with van der Waals surface area (Å²) in [5.74, 6) is -1.81. The van der Waals surface area contributed by atoms with Crippen molar-refractivity contribution in [3.05, 3.63) is 0 Å². The van der Waals surface area contributed by atoms with Gasteiger partial charge in [-0.2, -0.15) is 0 Å². The number of nitrogens with zero attached hydrogens (tertiary/aromatic N) is 1. The number of likely N-dealkylation sites (N-methyl/N-ethyl adjacent to an activating group) is 2. The number of rotatable bonds is 6. The van der Waals surface area contributed by atoms with Crippen molar-refractivity contribution < 1.29 is 19.5 Å². The second kappa shape index (κ2) is 6.37. The first-order valence-electron chi connectivity index (χ1n) is 5.83. The van der Waals surface area contributed by atoms with E-state index in [9.17, 15) is 19.5 Å². The molecule has 0 aromatic rings. The lowest BCUT2D eigenvalue weighted by Gasteiger charge is -2.30. The number of hydrogen-bond donors (Lipinski definition) is 2. The van der Waals surface area contributed by atoms with Crippen LogP contribution in [0, 0.1) is 11.3 Å². The molecular weight excluding hydrogens is 236 g/mol. The fraction of sp³-hybridized carbons (Fsp3) is 0.750. The van der Waals surface area contributed by atoms with Gasteiger partial charge in [-0.15, -0.1) is 0 Å². The van der Waals surface area contributed by atoms with E-state index in [4.69, 9.17) is 0 Å². The monoisotopic (exact) mass is 258 g/mol. The Morgan fingerprint density at radius 1 is 1.33 bits per heavy atom. The van der Waals surface area contributed by atoms with Gasteiger partial charge in [0.1, 0.15) is 0 Å². The average molecular weight is 258 g/mol. The van der Waals surface area contributed by atoms with Crippen LogP contribution < -0.4 is 5.32 Å². The van der Waals surface area contributed by atoms with E-state index in [2.05, 4.69) is 5.32 Å². The van der Waals surface area contributed by atoms with Crippen LogP contribution in [0.15, 0.2) is 0 Å². The van der Waals surface area contributed by atoms with Crippen LogP contribution >= 0.6 is 0 Å². The molecule has 1 atom stereocenters. The highest BCUT2D eigenvalue weighted by atomic mass is 16.4. The van der Waals surface area contributed by atoms with Gasteiger partial charge in [0.2, 0.25) is 11.8 Å². The number of aliphatic carboxylic acids is 1. The smallest absolute Gasteiger partial charge is 0.310 e. The molecule has 0 aliphatic rings. The molecular formula is C12H22N2O4. The van der Waals surface area contributed by atoms with Crippen molar-refractivity contribution in [1.29, 1.82) is 0 Å². The Morgan fingerprint density at radius 3 is 2.17 bits per heavy atom. The summed E-state index contributed by atoms with van der Waals surface area (Å²) in [6, 6.07) is 0. The van der Waals surface area contributed by atoms with E-state index in [1.165, 1.54) is 19.0 Å². The fourth-order valence-corrected chi connectivity index (χ4v) is 1.36. The Labute approximate surface area is 107 Å². The van der Waals surface area contributed by atoms with Crippen LogP contribution in [0.2, 0.25) is 0 Å². The molecule has 0 aliphatic carbocycles. The number of carbonyl (C=O) groups excluding carboxylic acids is 2. The van der Waals surface area contributed by atoms with Crippen molar-refractivity contribution in [2.45, 2.75) is 27.2 Å². The maximum atomic E-state index is 11.9. The minimum atomic E-state index is -1.12. The SMILES string of the molecule is CNC(=O)CN(C)C(=O)CC(C)(C(=O)O)C(C)C. The second-order valence-electron chi connectivity index (χ2n) is 4.98. The predicted octanol–water partition coefficient (Wildman–Crippen LogP) is 0.328. The van der Waals surface area contributed by atoms with Gasteiger partial charge in [0.15, 0.2) is 0 Å². The van der Waals surface area contributed by atoms with Crippen LogP contribution in [0.5, 0.6) is 0 Å². The van der Waals surface area contributed by atoms with E-state index >= 15 is 0 Å². The second-order valence-corrected chi connectivity index (χ2v) is 4.98. The molecule has 0 radical (unpaired) electrons. The summed E-state index contributed by atoms with van der Waals surface area (Å²) in [5, 5.41) is 11.6. The number of nitrogens with one attached hydrogen (secondary N) is 1. The Hall–Kier alpha value is -1.59. The molecule has 6 nitrogen and oxygen atoms in total. The molecule has 2 N–H and O–H groups in total. The summed E-state index contributed by atoms with van der Waals surface area (Å²) in [7, 11) is 2.97. The molecule has 0 spiro atoms. The third-order valence-corrected chi connectivity index (χ3v) is 3.37. The van der Waals surface area contributed by atoms with E-state index in [1.807, 2.05) is 0 Å². The zero-order valence-corrected chi connectivity index (χ0v) is 11.6. The topological polar surface area (TPSA) is 86.7 Å². The molecule has 0 saturated heterocycles. The van der Waals surface area contributed by atoms with Crippen LogP contribution in [0.3, 0.4) is 0 Å². The highest BCUT2D eigenvalue weighted by Gasteiger charge is 2.39. The number of carboxylic acids is 1. The van der Waals surface area contributed by atoms with E-state index in [0.717, 1.165) is 0 Å². The van der Waals surface area contributed by atoms with E-state index in [-0.39, 0.29) is 30.7 Å². The summed E-state index contributed by atoms with van der Waals surface area (Å²) >= 11 is 0. The first-order valence-corrected chi connectivity index (χ1v) is 5.83. The quantitative estimate of drug-likeness (QED) is 0.718. The van der Waals surface area contributed by atoms with E-state index in [0.29, 0.717) is 0 Å². The maximum Gasteiger partial charge on any atom is 0.310 e. The summed E-state index contributed by atoms with van der Waals surface area (Å²) in [6.45, 7) is 5.01. The zero-order chi connectivity index (χ0) is 14.5. The molecule has 0 bridgehead atoms. The Bertz CT molecular complexity index is 341. The predicted molar refractivity (Wildman–Crippen MR) is 66.9 cm³/mol. The van der Waals surface area contributed by atoms with Crippen LogP contribution in [-0.4, -0.2) is 48.4 Å². The molecule has 0 fully saturated rings. The van der Waals surface area contributed by atoms with Crippen molar-refractivity contribution in [3.8, 4) is 0 Å². The normalized spacial score (nSPS) is 13.9. The molecule has 0 heterocycles. The number of amides is 2. The summed E-state index contributed by atoms with van der Waals surface area (Å²) in [4.78, 5) is 35.5. The first kappa shape index (κ1) is 16.4. The zero-order valence-electron chi connectivity index (χ0n) is 11.6. The molecule has 0 aromatic heterocycles. The third-order valence-electron chi connectivity index (χ3n) is 3.37. The molecule has 6 heteroatoms. The highest BCUT2D eigenvalue weighted by Crippen LogP contribution is 2.31. The Morgan fingerprint density at radius 2 is 1.83 bits per heavy atom. The molecule has 0 aromatic carbocycles. The van der Waals surface area contributed by atoms with E-state index in [1.54, 1.807) is 20.8 Å². The van der Waals surface area contributed by atoms with Gasteiger partial charge in [0.25, 0.3) is 0 Å². The molecule has 2 amide bonds. The first-order chi connectivity index (χ1) is 8.15. The molecule has 18 heavy (non-hydrogen) atoms. The third kappa shape index (κ3) is 4.01. The molecule has 0 aliphatic heterocycles. The Kier molecular flexibility index (Phi) is 5.81. The largest absolute Gasteiger partial charge is 0.481 e. The van der Waals surface area contributed by atoms with E-state index < -0.39 is 11.4 Å². The van der Waals surface area contributed by atoms with Gasteiger partial charge >= 0.3 is 5.97 Å². The molecule has 0 saturated carbocycles. The fourth-order valence-electron chi connectivity index (χ4n) is 1.36. The molecule has 104 valence electrons. The van der Waals surface area contributed by atoms with Gasteiger partial charge in [-0.1, -0.05) is 13.8 Å². The average Bonchev–Trinajstić information content (AvgIpc) is 2.27. The van der Waals surface area contributed by atoms with Gasteiger partial charge in [-0.3, -0.25) is 14.4 Å².